The average Bonchev–Trinajstić information content (AvgIpc) is 2.77. The Labute approximate surface area is 153 Å². The minimum absolute atomic E-state index is 0.00528. The molecule has 0 fully saturated rings. The molecule has 0 aromatic heterocycles. The van der Waals surface area contributed by atoms with Crippen molar-refractivity contribution in [1.82, 2.24) is 0 Å². The number of carbonyl (C=O) groups is 4. The lowest BCUT2D eigenvalue weighted by molar-refractivity contribution is -0.149. The first-order valence-corrected chi connectivity index (χ1v) is 8.04. The molecule has 26 heavy (non-hydrogen) atoms. The van der Waals surface area contributed by atoms with Crippen LogP contribution in [0, 0.1) is 0 Å². The number of rotatable bonds is 4. The second-order valence-electron chi connectivity index (χ2n) is 5.85. The smallest absolute Gasteiger partial charge is 0.307 e. The van der Waals surface area contributed by atoms with Crippen LogP contribution in [0.15, 0.2) is 42.5 Å². The number of aliphatic carboxylic acids is 1. The van der Waals surface area contributed by atoms with Gasteiger partial charge in [0.2, 0.25) is 11.6 Å². The van der Waals surface area contributed by atoms with Crippen molar-refractivity contribution in [1.29, 1.82) is 0 Å². The molecule has 2 aromatic rings. The molecule has 0 amide bonds. The second-order valence-corrected chi connectivity index (χ2v) is 6.29. The maximum atomic E-state index is 13.1. The summed E-state index contributed by atoms with van der Waals surface area (Å²) >= 11 is 5.95. The minimum Gasteiger partial charge on any atom is -0.481 e. The van der Waals surface area contributed by atoms with Crippen LogP contribution in [0.4, 0.5) is 0 Å². The molecule has 0 saturated carbocycles. The quantitative estimate of drug-likeness (QED) is 0.654. The van der Waals surface area contributed by atoms with Gasteiger partial charge in [0, 0.05) is 28.6 Å². The van der Waals surface area contributed by atoms with Gasteiger partial charge in [-0.2, -0.15) is 0 Å². The van der Waals surface area contributed by atoms with Crippen molar-refractivity contribution in [2.75, 3.05) is 0 Å². The third kappa shape index (κ3) is 2.68. The van der Waals surface area contributed by atoms with Gasteiger partial charge in [-0.3, -0.25) is 19.2 Å². The van der Waals surface area contributed by atoms with Crippen LogP contribution in [-0.4, -0.2) is 28.6 Å². The summed E-state index contributed by atoms with van der Waals surface area (Å²) in [6.45, 7) is 1.08. The van der Waals surface area contributed by atoms with Gasteiger partial charge in [-0.25, -0.2) is 0 Å². The minimum atomic E-state index is -2.25. The number of esters is 1. The Kier molecular flexibility index (Phi) is 4.38. The van der Waals surface area contributed by atoms with Crippen molar-refractivity contribution in [3.63, 3.8) is 0 Å². The predicted octanol–water partition coefficient (Wildman–Crippen LogP) is 2.80. The molecular formula is C19H13ClO6. The van der Waals surface area contributed by atoms with Crippen molar-refractivity contribution >= 4 is 35.1 Å². The Morgan fingerprint density at radius 3 is 2.15 bits per heavy atom. The fourth-order valence-electron chi connectivity index (χ4n) is 3.18. The fourth-order valence-corrected chi connectivity index (χ4v) is 3.38. The fraction of sp³-hybridized carbons (Fsp3) is 0.158. The second kappa shape index (κ2) is 6.38. The Bertz CT molecular complexity index is 927. The molecule has 6 nitrogen and oxygen atoms in total. The van der Waals surface area contributed by atoms with Gasteiger partial charge in [-0.05, 0) is 17.7 Å². The topological polar surface area (TPSA) is 97.7 Å². The summed E-state index contributed by atoms with van der Waals surface area (Å²) < 4.78 is 5.28. The Hall–Kier alpha value is -2.99. The number of Topliss-reactive ketones (excluding diaryl/α,β-unsaturated/α-hetero) is 2. The Balaban J connectivity index is 2.30. The lowest BCUT2D eigenvalue weighted by atomic mass is 9.84. The van der Waals surface area contributed by atoms with Crippen LogP contribution in [0.5, 0.6) is 0 Å². The van der Waals surface area contributed by atoms with Gasteiger partial charge in [-0.1, -0.05) is 41.9 Å². The summed E-state index contributed by atoms with van der Waals surface area (Å²) in [4.78, 5) is 49.2. The Morgan fingerprint density at radius 2 is 1.65 bits per heavy atom. The van der Waals surface area contributed by atoms with Gasteiger partial charge in [0.1, 0.15) is 0 Å². The Morgan fingerprint density at radius 1 is 1.08 bits per heavy atom. The van der Waals surface area contributed by atoms with E-state index in [4.69, 9.17) is 16.3 Å². The first-order valence-electron chi connectivity index (χ1n) is 7.66. The zero-order chi connectivity index (χ0) is 19.1. The third-order valence-corrected chi connectivity index (χ3v) is 4.38. The summed E-state index contributed by atoms with van der Waals surface area (Å²) in [7, 11) is 0. The number of hydrogen-bond donors (Lipinski definition) is 1. The molecule has 0 unspecified atom stereocenters. The van der Waals surface area contributed by atoms with Crippen molar-refractivity contribution in [3.05, 3.63) is 69.7 Å². The highest BCUT2D eigenvalue weighted by Gasteiger charge is 2.58. The highest BCUT2D eigenvalue weighted by Crippen LogP contribution is 2.42. The number of benzene rings is 2. The first-order chi connectivity index (χ1) is 12.3. The number of ketones is 2. The predicted molar refractivity (Wildman–Crippen MR) is 91.3 cm³/mol. The van der Waals surface area contributed by atoms with Gasteiger partial charge in [-0.15, -0.1) is 0 Å². The number of carboxylic acid groups (broad SMARTS) is 1. The molecule has 7 heteroatoms. The number of ether oxygens (including phenoxy) is 1. The van der Waals surface area contributed by atoms with Crippen LogP contribution in [-0.2, 0) is 26.3 Å². The van der Waals surface area contributed by atoms with Gasteiger partial charge in [0.15, 0.2) is 0 Å². The lowest BCUT2D eigenvalue weighted by Crippen LogP contribution is -2.43. The monoisotopic (exact) mass is 372 g/mol. The molecule has 0 atom stereocenters. The number of fused-ring (bicyclic) bond motifs is 1. The zero-order valence-corrected chi connectivity index (χ0v) is 14.4. The van der Waals surface area contributed by atoms with E-state index in [1.807, 2.05) is 0 Å². The molecule has 1 aliphatic rings. The first kappa shape index (κ1) is 17.8. The molecule has 0 spiro atoms. The van der Waals surface area contributed by atoms with E-state index in [0.717, 1.165) is 6.92 Å². The van der Waals surface area contributed by atoms with Crippen LogP contribution in [0.1, 0.15) is 38.8 Å². The molecule has 132 valence electrons. The van der Waals surface area contributed by atoms with E-state index in [2.05, 4.69) is 0 Å². The molecule has 0 aliphatic heterocycles. The summed E-state index contributed by atoms with van der Waals surface area (Å²) in [5.41, 5.74) is -1.87. The van der Waals surface area contributed by atoms with E-state index in [1.165, 1.54) is 30.3 Å². The molecule has 0 saturated heterocycles. The highest BCUT2D eigenvalue weighted by atomic mass is 35.5. The largest absolute Gasteiger partial charge is 0.481 e. The van der Waals surface area contributed by atoms with Crippen LogP contribution < -0.4 is 0 Å². The van der Waals surface area contributed by atoms with E-state index < -0.39 is 35.5 Å². The van der Waals surface area contributed by atoms with Crippen molar-refractivity contribution < 1.29 is 29.0 Å². The molecule has 3 rings (SSSR count). The van der Waals surface area contributed by atoms with Crippen molar-refractivity contribution in [2.45, 2.75) is 18.9 Å². The van der Waals surface area contributed by atoms with E-state index in [-0.39, 0.29) is 27.3 Å². The molecular weight excluding hydrogens is 360 g/mol. The van der Waals surface area contributed by atoms with Crippen molar-refractivity contribution in [2.24, 2.45) is 0 Å². The average molecular weight is 373 g/mol. The summed E-state index contributed by atoms with van der Waals surface area (Å²) in [6.07, 6.45) is -0.490. The molecule has 0 heterocycles. The van der Waals surface area contributed by atoms with E-state index >= 15 is 0 Å². The number of carbonyl (C=O) groups excluding carboxylic acids is 3. The van der Waals surface area contributed by atoms with Crippen LogP contribution in [0.3, 0.4) is 0 Å². The normalized spacial score (nSPS) is 14.8. The summed E-state index contributed by atoms with van der Waals surface area (Å²) in [5, 5.41) is 9.41. The van der Waals surface area contributed by atoms with E-state index in [0.29, 0.717) is 0 Å². The van der Waals surface area contributed by atoms with E-state index in [1.54, 1.807) is 12.1 Å². The molecule has 0 bridgehead atoms. The zero-order valence-electron chi connectivity index (χ0n) is 13.6. The lowest BCUT2D eigenvalue weighted by Gasteiger charge is -2.28. The summed E-state index contributed by atoms with van der Waals surface area (Å²) in [6, 6.07) is 10.2. The van der Waals surface area contributed by atoms with Crippen LogP contribution in [0.2, 0.25) is 5.02 Å². The number of hydrogen-bond acceptors (Lipinski definition) is 5. The summed E-state index contributed by atoms with van der Waals surface area (Å²) in [5.74, 6) is -3.43. The maximum absolute atomic E-state index is 13.1. The molecule has 0 radical (unpaired) electrons. The third-order valence-electron chi connectivity index (χ3n) is 4.14. The van der Waals surface area contributed by atoms with E-state index in [9.17, 15) is 24.3 Å². The van der Waals surface area contributed by atoms with Gasteiger partial charge < -0.3 is 9.84 Å². The van der Waals surface area contributed by atoms with Crippen molar-refractivity contribution in [3.8, 4) is 0 Å². The van der Waals surface area contributed by atoms with Gasteiger partial charge in [0.25, 0.3) is 5.60 Å². The van der Waals surface area contributed by atoms with Gasteiger partial charge >= 0.3 is 11.9 Å². The van der Waals surface area contributed by atoms with Gasteiger partial charge in [0.05, 0.1) is 6.42 Å². The molecule has 1 aliphatic carbocycles. The van der Waals surface area contributed by atoms with Crippen LogP contribution >= 0.6 is 11.6 Å². The SMILES string of the molecule is CC(=O)OC1(c2ccc(Cl)cc2CC(=O)O)C(=O)c2ccccc2C1=O. The van der Waals surface area contributed by atoms with Crippen LogP contribution in [0.25, 0.3) is 0 Å². The molecule has 1 N–H and O–H groups in total. The standard InChI is InChI=1S/C19H13ClO6/c1-10(21)26-19(15-7-6-12(20)8-11(15)9-16(22)23)17(24)13-4-2-3-5-14(13)18(19)25/h2-8H,9H2,1H3,(H,22,23). The highest BCUT2D eigenvalue weighted by molar-refractivity contribution is 6.33. The maximum Gasteiger partial charge on any atom is 0.307 e. The molecule has 2 aromatic carbocycles. The number of halogens is 1. The number of carboxylic acids is 1.